The van der Waals surface area contributed by atoms with E-state index >= 15 is 0 Å². The van der Waals surface area contributed by atoms with Gasteiger partial charge in [-0.3, -0.25) is 4.79 Å². The summed E-state index contributed by atoms with van der Waals surface area (Å²) in [4.78, 5) is 24.1. The van der Waals surface area contributed by atoms with E-state index in [1.165, 1.54) is 26.2 Å². The minimum Gasteiger partial charge on any atom is -0.497 e. The molecule has 0 heterocycles. The molecule has 6 nitrogen and oxygen atoms in total. The van der Waals surface area contributed by atoms with E-state index in [1.54, 1.807) is 7.11 Å². The number of ether oxygens (including phenoxy) is 3. The van der Waals surface area contributed by atoms with Crippen LogP contribution >= 0.6 is 0 Å². The first-order chi connectivity index (χ1) is 12.9. The van der Waals surface area contributed by atoms with E-state index in [1.807, 2.05) is 24.3 Å². The third-order valence-corrected chi connectivity index (χ3v) is 3.92. The van der Waals surface area contributed by atoms with Gasteiger partial charge in [0.15, 0.2) is 6.10 Å². The van der Waals surface area contributed by atoms with Crippen molar-refractivity contribution in [3.05, 3.63) is 59.4 Å². The highest BCUT2D eigenvalue weighted by atomic mass is 19.1. The van der Waals surface area contributed by atoms with Gasteiger partial charge in [-0.1, -0.05) is 12.1 Å². The molecule has 1 atom stereocenters. The van der Waals surface area contributed by atoms with Crippen LogP contribution in [0.15, 0.2) is 42.5 Å². The Hall–Kier alpha value is -3.09. The first-order valence-corrected chi connectivity index (χ1v) is 8.39. The van der Waals surface area contributed by atoms with E-state index in [2.05, 4.69) is 5.32 Å². The second-order valence-corrected chi connectivity index (χ2v) is 5.78. The molecular weight excluding hydrogens is 353 g/mol. The molecule has 27 heavy (non-hydrogen) atoms. The number of amides is 1. The van der Waals surface area contributed by atoms with Crippen LogP contribution in [0.4, 0.5) is 4.39 Å². The number of nitrogens with one attached hydrogen (secondary N) is 1. The molecule has 1 amide bonds. The molecule has 7 heteroatoms. The second-order valence-electron chi connectivity index (χ2n) is 5.78. The number of hydrogen-bond donors (Lipinski definition) is 1. The lowest BCUT2D eigenvalue weighted by Gasteiger charge is -2.14. The second kappa shape index (κ2) is 9.56. The molecule has 0 aliphatic carbocycles. The van der Waals surface area contributed by atoms with Gasteiger partial charge in [-0.2, -0.15) is 0 Å². The number of hydrogen-bond acceptors (Lipinski definition) is 5. The molecule has 0 spiro atoms. The van der Waals surface area contributed by atoms with Crippen molar-refractivity contribution in [3.63, 3.8) is 0 Å². The third-order valence-electron chi connectivity index (χ3n) is 3.92. The van der Waals surface area contributed by atoms with Crippen LogP contribution in [0.2, 0.25) is 0 Å². The maximum absolute atomic E-state index is 13.9. The van der Waals surface area contributed by atoms with Crippen LogP contribution in [0.1, 0.15) is 22.8 Å². The zero-order valence-electron chi connectivity index (χ0n) is 15.5. The van der Waals surface area contributed by atoms with Crippen LogP contribution in [-0.4, -0.2) is 38.7 Å². The minimum absolute atomic E-state index is 0.256. The molecule has 0 radical (unpaired) electrons. The number of esters is 1. The Labute approximate surface area is 157 Å². The Morgan fingerprint density at radius 3 is 2.26 bits per heavy atom. The SMILES string of the molecule is COc1ccc(CCNC(=O)[C@@H](C)OC(=O)c2ccc(OC)cc2F)cc1. The van der Waals surface area contributed by atoms with Gasteiger partial charge in [0.2, 0.25) is 0 Å². The van der Waals surface area contributed by atoms with Crippen LogP contribution in [0.25, 0.3) is 0 Å². The van der Waals surface area contributed by atoms with Crippen LogP contribution in [0.3, 0.4) is 0 Å². The summed E-state index contributed by atoms with van der Waals surface area (Å²) in [6.07, 6.45) is -0.432. The molecule has 0 saturated carbocycles. The lowest BCUT2D eigenvalue weighted by Crippen LogP contribution is -2.37. The Balaban J connectivity index is 1.83. The molecule has 2 aromatic carbocycles. The van der Waals surface area contributed by atoms with Crippen molar-refractivity contribution in [2.24, 2.45) is 0 Å². The van der Waals surface area contributed by atoms with Crippen molar-refractivity contribution in [1.29, 1.82) is 0 Å². The summed E-state index contributed by atoms with van der Waals surface area (Å²) in [5.74, 6) is -1.09. The molecule has 2 rings (SSSR count). The highest BCUT2D eigenvalue weighted by molar-refractivity contribution is 5.92. The van der Waals surface area contributed by atoms with E-state index in [4.69, 9.17) is 14.2 Å². The molecule has 0 aliphatic rings. The van der Waals surface area contributed by atoms with Crippen molar-refractivity contribution in [1.82, 2.24) is 5.32 Å². The quantitative estimate of drug-likeness (QED) is 0.718. The van der Waals surface area contributed by atoms with Crippen molar-refractivity contribution >= 4 is 11.9 Å². The van der Waals surface area contributed by atoms with Crippen LogP contribution in [-0.2, 0) is 16.0 Å². The first kappa shape index (κ1) is 20.2. The molecular formula is C20H22FNO5. The molecule has 2 aromatic rings. The van der Waals surface area contributed by atoms with Crippen molar-refractivity contribution in [2.45, 2.75) is 19.4 Å². The zero-order chi connectivity index (χ0) is 19.8. The van der Waals surface area contributed by atoms with E-state index < -0.39 is 23.8 Å². The lowest BCUT2D eigenvalue weighted by molar-refractivity contribution is -0.129. The van der Waals surface area contributed by atoms with Gasteiger partial charge in [0.1, 0.15) is 17.3 Å². The first-order valence-electron chi connectivity index (χ1n) is 8.39. The molecule has 144 valence electrons. The number of halogens is 1. The summed E-state index contributed by atoms with van der Waals surface area (Å²) < 4.78 is 28.9. The standard InChI is InChI=1S/C20H22FNO5/c1-13(27-20(24)17-9-8-16(26-3)12-18(17)21)19(23)22-11-10-14-4-6-15(25-2)7-5-14/h4-9,12-13H,10-11H2,1-3H3,(H,22,23)/t13-/m1/s1. The lowest BCUT2D eigenvalue weighted by atomic mass is 10.1. The van der Waals surface area contributed by atoms with E-state index in [-0.39, 0.29) is 11.3 Å². The maximum atomic E-state index is 13.9. The number of rotatable bonds is 8. The number of methoxy groups -OCH3 is 2. The summed E-state index contributed by atoms with van der Waals surface area (Å²) in [5, 5.41) is 2.69. The summed E-state index contributed by atoms with van der Waals surface area (Å²) in [5.41, 5.74) is 0.773. The topological polar surface area (TPSA) is 73.9 Å². The smallest absolute Gasteiger partial charge is 0.341 e. The Bertz CT molecular complexity index is 791. The van der Waals surface area contributed by atoms with Gasteiger partial charge in [-0.25, -0.2) is 9.18 Å². The van der Waals surface area contributed by atoms with E-state index in [0.717, 1.165) is 17.4 Å². The largest absolute Gasteiger partial charge is 0.497 e. The van der Waals surface area contributed by atoms with E-state index in [0.29, 0.717) is 13.0 Å². The normalized spacial score (nSPS) is 11.4. The van der Waals surface area contributed by atoms with Gasteiger partial charge >= 0.3 is 5.97 Å². The van der Waals surface area contributed by atoms with Crippen LogP contribution in [0, 0.1) is 5.82 Å². The molecule has 0 aliphatic heterocycles. The van der Waals surface area contributed by atoms with E-state index in [9.17, 15) is 14.0 Å². The van der Waals surface area contributed by atoms with Crippen LogP contribution in [0.5, 0.6) is 11.5 Å². The fraction of sp³-hybridized carbons (Fsp3) is 0.300. The number of carbonyl (C=O) groups excluding carboxylic acids is 2. The fourth-order valence-corrected chi connectivity index (χ4v) is 2.33. The zero-order valence-corrected chi connectivity index (χ0v) is 15.5. The Kier molecular flexibility index (Phi) is 7.16. The average molecular weight is 375 g/mol. The summed E-state index contributed by atoms with van der Waals surface area (Å²) in [6, 6.07) is 11.3. The monoisotopic (exact) mass is 375 g/mol. The Morgan fingerprint density at radius 1 is 1.04 bits per heavy atom. The van der Waals surface area contributed by atoms with Gasteiger partial charge in [-0.15, -0.1) is 0 Å². The third kappa shape index (κ3) is 5.70. The minimum atomic E-state index is -1.05. The highest BCUT2D eigenvalue weighted by Gasteiger charge is 2.21. The van der Waals surface area contributed by atoms with Gasteiger partial charge in [0, 0.05) is 12.6 Å². The summed E-state index contributed by atoms with van der Waals surface area (Å²) in [6.45, 7) is 1.81. The number of carbonyl (C=O) groups is 2. The highest BCUT2D eigenvalue weighted by Crippen LogP contribution is 2.17. The molecule has 0 unspecified atom stereocenters. The molecule has 0 fully saturated rings. The molecule has 0 saturated heterocycles. The van der Waals surface area contributed by atoms with Crippen molar-refractivity contribution in [3.8, 4) is 11.5 Å². The summed E-state index contributed by atoms with van der Waals surface area (Å²) in [7, 11) is 2.99. The summed E-state index contributed by atoms with van der Waals surface area (Å²) >= 11 is 0. The molecule has 0 aromatic heterocycles. The average Bonchev–Trinajstić information content (AvgIpc) is 2.68. The van der Waals surface area contributed by atoms with Gasteiger partial charge in [0.05, 0.1) is 19.8 Å². The maximum Gasteiger partial charge on any atom is 0.341 e. The fourth-order valence-electron chi connectivity index (χ4n) is 2.33. The number of benzene rings is 2. The Morgan fingerprint density at radius 2 is 1.67 bits per heavy atom. The molecule has 1 N–H and O–H groups in total. The molecule has 0 bridgehead atoms. The van der Waals surface area contributed by atoms with Gasteiger partial charge in [-0.05, 0) is 43.2 Å². The predicted octanol–water partition coefficient (Wildman–Crippen LogP) is 2.75. The van der Waals surface area contributed by atoms with Crippen molar-refractivity contribution < 1.29 is 28.2 Å². The van der Waals surface area contributed by atoms with Gasteiger partial charge in [0.25, 0.3) is 5.91 Å². The van der Waals surface area contributed by atoms with Crippen LogP contribution < -0.4 is 14.8 Å². The van der Waals surface area contributed by atoms with Gasteiger partial charge < -0.3 is 19.5 Å². The predicted molar refractivity (Wildman–Crippen MR) is 97.5 cm³/mol. The van der Waals surface area contributed by atoms with Crippen molar-refractivity contribution in [2.75, 3.05) is 20.8 Å².